The molecule has 119 heavy (non-hydrogen) atoms. The molecular formula is C104H83Cl2F5Mo2N2O4. The van der Waals surface area contributed by atoms with Crippen LogP contribution < -0.4 is 0 Å². The summed E-state index contributed by atoms with van der Waals surface area (Å²) in [4.78, 5) is 0. The molecular weight excluding hydrogens is 1700 g/mol. The second-order valence-corrected chi connectivity index (χ2v) is 31.9. The summed E-state index contributed by atoms with van der Waals surface area (Å²) >= 11 is 10.1. The van der Waals surface area contributed by atoms with E-state index in [-0.39, 0.29) is 5.41 Å². The zero-order chi connectivity index (χ0) is 84.1. The Balaban J connectivity index is 0.000000140. The molecule has 6 nitrogen and oxygen atoms in total. The first-order valence-electron chi connectivity index (χ1n) is 37.9. The summed E-state index contributed by atoms with van der Waals surface area (Å²) in [6, 6.07) is 128. The molecule has 0 saturated heterocycles. The van der Waals surface area contributed by atoms with Crippen LogP contribution in [-0.2, 0) is 46.7 Å². The first-order valence-corrected chi connectivity index (χ1v) is 42.8. The van der Waals surface area contributed by atoms with Crippen molar-refractivity contribution in [2.75, 3.05) is 0 Å². The van der Waals surface area contributed by atoms with Crippen LogP contribution in [-0.4, -0.2) is 29.2 Å². The Morgan fingerprint density at radius 2 is 0.395 bits per heavy atom. The first kappa shape index (κ1) is 87.5. The maximum Gasteiger partial charge on any atom is 0.131 e. The number of rotatable bonds is 14. The molecule has 4 N–H and O–H groups in total. The van der Waals surface area contributed by atoms with Crippen molar-refractivity contribution in [1.82, 2.24) is 0 Å². The van der Waals surface area contributed by atoms with Gasteiger partial charge in [0, 0.05) is 44.5 Å². The van der Waals surface area contributed by atoms with Crippen LogP contribution in [0.3, 0.4) is 0 Å². The standard InChI is InChI=1S/4C18H14O.2C10H12.C6H3Cl2N.C6F5N.2Mo/c4*19-18-16(14-8-3-1-4-9-14)12-7-13-17(18)15-10-5-2-6-11-15;2*1-10(2,3)9-7-5-4-6-8-9;7-4-2-1-3-5(8)6(4)9;7-1-2(8)4(10)6(12)5(11)3(1)9;;/h4*1-13,19H;2*1,4-8H,2-3H3;1-3H;;;. The summed E-state index contributed by atoms with van der Waals surface area (Å²) in [6.07, 6.45) is 0. The smallest absolute Gasteiger partial charge is 0.131 e. The fourth-order valence-electron chi connectivity index (χ4n) is 12.5. The largest absolute Gasteiger partial charge is 0.507 e. The molecule has 0 aliphatic heterocycles. The monoisotopic (exact) mass is 1780 g/mol. The number of hydrogen-bond donors (Lipinski definition) is 4. The molecule has 0 saturated carbocycles. The summed E-state index contributed by atoms with van der Waals surface area (Å²) < 4.78 is 78.6. The van der Waals surface area contributed by atoms with Gasteiger partial charge in [0.1, 0.15) is 23.0 Å². The van der Waals surface area contributed by atoms with E-state index < -0.39 is 76.0 Å². The molecule has 594 valence electrons. The maximum absolute atomic E-state index is 13.5. The minimum absolute atomic E-state index is 0.0146. The van der Waals surface area contributed by atoms with E-state index in [0.29, 0.717) is 33.0 Å². The summed E-state index contributed by atoms with van der Waals surface area (Å²) in [5.74, 6) is -8.57. The number of nitrogens with zero attached hydrogens (tertiary/aromatic N) is 2. The second kappa shape index (κ2) is 43.2. The van der Waals surface area contributed by atoms with Gasteiger partial charge in [-0.2, -0.15) is 0 Å². The van der Waals surface area contributed by atoms with E-state index in [2.05, 4.69) is 49.5 Å². The average molecular weight is 1780 g/mol. The normalized spacial score (nSPS) is 10.6. The Kier molecular flexibility index (Phi) is 31.8. The van der Waals surface area contributed by atoms with Crippen LogP contribution in [0.1, 0.15) is 38.8 Å². The van der Waals surface area contributed by atoms with Gasteiger partial charge in [-0.3, -0.25) is 0 Å². The first-order chi connectivity index (χ1) is 57.7. The number of halogens is 7. The fraction of sp³-hybridized carbons (Fsp3) is 0.0577. The average Bonchev–Trinajstić information content (AvgIpc) is 0.810. The Bertz CT molecular complexity index is 5340. The molecule has 0 aliphatic rings. The van der Waals surface area contributed by atoms with Gasteiger partial charge in [-0.05, 0) is 44.5 Å². The van der Waals surface area contributed by atoms with Gasteiger partial charge in [-0.1, -0.05) is 315 Å². The zero-order valence-electron chi connectivity index (χ0n) is 65.3. The van der Waals surface area contributed by atoms with Crippen LogP contribution in [0.15, 0.2) is 401 Å². The Morgan fingerprint density at radius 1 is 0.227 bits per heavy atom. The molecule has 0 spiro atoms. The zero-order valence-corrected chi connectivity index (χ0v) is 70.9. The molecule has 0 fully saturated rings. The van der Waals surface area contributed by atoms with E-state index in [1.807, 2.05) is 384 Å². The number of phenols is 4. The van der Waals surface area contributed by atoms with Crippen LogP contribution >= 0.6 is 23.2 Å². The number of hydrogen-bond acceptors (Lipinski definition) is 6. The van der Waals surface area contributed by atoms with Crippen molar-refractivity contribution in [3.8, 4) is 112 Å². The molecule has 0 aromatic heterocycles. The van der Waals surface area contributed by atoms with E-state index in [1.54, 1.807) is 4.40 Å². The van der Waals surface area contributed by atoms with Gasteiger partial charge in [0.05, 0.1) is 0 Å². The van der Waals surface area contributed by atoms with Crippen molar-refractivity contribution in [3.63, 3.8) is 0 Å². The minimum atomic E-state index is -2.17. The van der Waals surface area contributed by atoms with Crippen molar-refractivity contribution in [2.24, 2.45) is 6.99 Å². The van der Waals surface area contributed by atoms with Gasteiger partial charge in [0.2, 0.25) is 0 Å². The van der Waals surface area contributed by atoms with Crippen LogP contribution in [0.4, 0.5) is 33.3 Å². The van der Waals surface area contributed by atoms with Gasteiger partial charge in [0.25, 0.3) is 0 Å². The van der Waals surface area contributed by atoms with Crippen LogP contribution in [0.2, 0.25) is 10.0 Å². The van der Waals surface area contributed by atoms with E-state index in [4.69, 9.17) is 23.2 Å². The third-order valence-corrected chi connectivity index (χ3v) is 24.4. The molecule has 0 unspecified atom stereocenters. The van der Waals surface area contributed by atoms with E-state index in [1.165, 1.54) is 5.56 Å². The van der Waals surface area contributed by atoms with Crippen molar-refractivity contribution < 1.29 is 78.2 Å². The molecule has 15 heteroatoms. The van der Waals surface area contributed by atoms with Gasteiger partial charge < -0.3 is 20.4 Å². The third-order valence-electron chi connectivity index (χ3n) is 19.0. The van der Waals surface area contributed by atoms with Gasteiger partial charge in [-0.15, -0.1) is 0 Å². The third kappa shape index (κ3) is 23.5. The summed E-state index contributed by atoms with van der Waals surface area (Å²) in [6.45, 7) is 8.19. The Morgan fingerprint density at radius 3 is 0.597 bits per heavy atom. The number of aromatic hydroxyl groups is 4. The topological polar surface area (TPSA) is 106 Å². The molecule has 0 heterocycles. The predicted octanol–water partition coefficient (Wildman–Crippen LogP) is 29.6. The molecule has 0 radical (unpaired) electrons. The van der Waals surface area contributed by atoms with Crippen molar-refractivity contribution in [2.45, 2.75) is 38.5 Å². The van der Waals surface area contributed by atoms with Crippen LogP contribution in [0.25, 0.3) is 89.0 Å². The predicted molar refractivity (Wildman–Crippen MR) is 474 cm³/mol. The van der Waals surface area contributed by atoms with Gasteiger partial charge in [-0.25, -0.2) is 0 Å². The van der Waals surface area contributed by atoms with E-state index in [0.717, 1.165) is 100 Å². The molecule has 0 aliphatic carbocycles. The second-order valence-electron chi connectivity index (χ2n) is 28.0. The number of para-hydroxylation sites is 4. The van der Waals surface area contributed by atoms with Crippen LogP contribution in [0.5, 0.6) is 23.0 Å². The molecule has 0 bridgehead atoms. The van der Waals surface area contributed by atoms with Crippen molar-refractivity contribution in [3.05, 3.63) is 445 Å². The molecule has 16 rings (SSSR count). The molecule has 0 amide bonds. The van der Waals surface area contributed by atoms with Crippen LogP contribution in [0, 0.1) is 29.1 Å². The van der Waals surface area contributed by atoms with Gasteiger partial charge >= 0.3 is 276 Å². The number of phenolic OH excluding ortho intramolecular Hbond substituents is 4. The van der Waals surface area contributed by atoms with Crippen molar-refractivity contribution >= 4 is 43.4 Å². The quantitative estimate of drug-likeness (QED) is 0.0377. The Hall–Kier alpha value is -12.3. The summed E-state index contributed by atoms with van der Waals surface area (Å²) in [5.41, 5.74) is 16.6. The van der Waals surface area contributed by atoms with E-state index in [9.17, 15) is 42.4 Å². The summed E-state index contributed by atoms with van der Waals surface area (Å²) in [5, 5.41) is 43.2. The molecule has 0 atom stereocenters. The Labute approximate surface area is 718 Å². The SMILES string of the molecule is CC(C)([CH]=[Mo]=[N]c1c(Cl)cccc1Cl)c1ccccc1.CC(C)([CH]=[Mo]=[N]c1c(F)c(F)c(F)c(F)c1F)c1ccccc1.Oc1c(-c2ccccc2)cccc1-c1ccccc1.Oc1c(-c2ccccc2)cccc1-c1ccccc1.Oc1c(-c2ccccc2)cccc1-c1ccccc1.Oc1c(-c2ccccc2)cccc1-c1ccccc1. The van der Waals surface area contributed by atoms with E-state index >= 15 is 0 Å². The molecule has 16 aromatic carbocycles. The summed E-state index contributed by atoms with van der Waals surface area (Å²) in [7, 11) is 0. The maximum atomic E-state index is 13.5. The van der Waals surface area contributed by atoms with Crippen molar-refractivity contribution in [1.29, 1.82) is 0 Å². The van der Waals surface area contributed by atoms with Gasteiger partial charge in [0.15, 0.2) is 0 Å². The fourth-order valence-corrected chi connectivity index (χ4v) is 16.9. The number of benzene rings is 16. The molecule has 16 aromatic rings. The minimum Gasteiger partial charge on any atom is -0.507 e.